The lowest BCUT2D eigenvalue weighted by molar-refractivity contribution is 0.0928. The van der Waals surface area contributed by atoms with Crippen molar-refractivity contribution in [2.75, 3.05) is 11.9 Å². The van der Waals surface area contributed by atoms with E-state index in [-0.39, 0.29) is 5.91 Å². The summed E-state index contributed by atoms with van der Waals surface area (Å²) in [5.41, 5.74) is 0.398. The summed E-state index contributed by atoms with van der Waals surface area (Å²) in [5, 5.41) is 6.24. The van der Waals surface area contributed by atoms with Crippen molar-refractivity contribution < 1.29 is 4.79 Å². The minimum Gasteiger partial charge on any atom is -0.369 e. The second-order valence-electron chi connectivity index (χ2n) is 5.38. The predicted octanol–water partition coefficient (Wildman–Crippen LogP) is 2.75. The third-order valence-electron chi connectivity index (χ3n) is 3.61. The zero-order valence-corrected chi connectivity index (χ0v) is 12.2. The van der Waals surface area contributed by atoms with Crippen LogP contribution in [0.1, 0.15) is 62.4 Å². The van der Waals surface area contributed by atoms with Crippen molar-refractivity contribution in [1.29, 1.82) is 0 Å². The lowest BCUT2D eigenvalue weighted by Gasteiger charge is -2.15. The third kappa shape index (κ3) is 4.47. The molecule has 5 heteroatoms. The first-order valence-electron chi connectivity index (χ1n) is 7.66. The van der Waals surface area contributed by atoms with E-state index in [9.17, 15) is 4.79 Å². The Morgan fingerprint density at radius 3 is 2.70 bits per heavy atom. The van der Waals surface area contributed by atoms with Gasteiger partial charge in [0, 0.05) is 12.6 Å². The van der Waals surface area contributed by atoms with Gasteiger partial charge in [-0.05, 0) is 19.3 Å². The molecule has 1 aromatic heterocycles. The molecule has 0 unspecified atom stereocenters. The number of nitrogens with zero attached hydrogens (tertiary/aromatic N) is 2. The van der Waals surface area contributed by atoms with E-state index < -0.39 is 0 Å². The highest BCUT2D eigenvalue weighted by molar-refractivity contribution is 5.92. The topological polar surface area (TPSA) is 66.9 Å². The van der Waals surface area contributed by atoms with Gasteiger partial charge in [-0.3, -0.25) is 9.78 Å². The summed E-state index contributed by atoms with van der Waals surface area (Å²) in [5.74, 6) is 0.560. The first-order chi connectivity index (χ1) is 9.79. The molecule has 1 aromatic rings. The zero-order chi connectivity index (χ0) is 14.2. The Morgan fingerprint density at radius 2 is 2.00 bits per heavy atom. The van der Waals surface area contributed by atoms with E-state index in [1.807, 2.05) is 0 Å². The normalized spacial score (nSPS) is 16.4. The highest BCUT2D eigenvalue weighted by Gasteiger charge is 2.16. The van der Waals surface area contributed by atoms with Gasteiger partial charge in [0.2, 0.25) is 0 Å². The standard InChI is InChI=1S/C15H24N4O/c1-2-9-17-14-11-16-10-13(19-14)15(20)18-12-7-5-3-4-6-8-12/h10-12H,2-9H2,1H3,(H,17,19)(H,18,20). The fourth-order valence-electron chi connectivity index (χ4n) is 2.50. The number of carbonyl (C=O) groups excluding carboxylic acids is 1. The van der Waals surface area contributed by atoms with Gasteiger partial charge in [0.25, 0.3) is 5.91 Å². The predicted molar refractivity (Wildman–Crippen MR) is 79.8 cm³/mol. The molecule has 20 heavy (non-hydrogen) atoms. The number of amides is 1. The van der Waals surface area contributed by atoms with E-state index in [1.54, 1.807) is 6.20 Å². The molecule has 1 aliphatic carbocycles. The number of hydrogen-bond donors (Lipinski definition) is 2. The summed E-state index contributed by atoms with van der Waals surface area (Å²) in [6, 6.07) is 0.291. The Bertz CT molecular complexity index is 428. The maximum Gasteiger partial charge on any atom is 0.271 e. The minimum atomic E-state index is -0.107. The zero-order valence-electron chi connectivity index (χ0n) is 12.2. The van der Waals surface area contributed by atoms with E-state index in [1.165, 1.54) is 31.9 Å². The number of anilines is 1. The molecule has 0 aromatic carbocycles. The quantitative estimate of drug-likeness (QED) is 0.811. The van der Waals surface area contributed by atoms with E-state index in [4.69, 9.17) is 0 Å². The Morgan fingerprint density at radius 1 is 1.25 bits per heavy atom. The third-order valence-corrected chi connectivity index (χ3v) is 3.61. The van der Waals surface area contributed by atoms with Gasteiger partial charge < -0.3 is 10.6 Å². The van der Waals surface area contributed by atoms with Crippen LogP contribution >= 0.6 is 0 Å². The molecule has 0 aliphatic heterocycles. The maximum atomic E-state index is 12.2. The molecule has 1 amide bonds. The van der Waals surface area contributed by atoms with E-state index in [0.717, 1.165) is 25.8 Å². The Balaban J connectivity index is 1.93. The van der Waals surface area contributed by atoms with Crippen LogP contribution in [0.2, 0.25) is 0 Å². The fourth-order valence-corrected chi connectivity index (χ4v) is 2.50. The molecule has 0 saturated heterocycles. The Kier molecular flexibility index (Phi) is 5.77. The highest BCUT2D eigenvalue weighted by atomic mass is 16.1. The van der Waals surface area contributed by atoms with Gasteiger partial charge in [0.1, 0.15) is 11.5 Å². The second kappa shape index (κ2) is 7.82. The SMILES string of the molecule is CCCNc1cncc(C(=O)NC2CCCCCC2)n1. The van der Waals surface area contributed by atoms with Gasteiger partial charge in [-0.2, -0.15) is 0 Å². The lowest BCUT2D eigenvalue weighted by atomic mass is 10.1. The van der Waals surface area contributed by atoms with Crippen molar-refractivity contribution in [3.05, 3.63) is 18.1 Å². The number of nitrogens with one attached hydrogen (secondary N) is 2. The molecule has 1 heterocycles. The average Bonchev–Trinajstić information content (AvgIpc) is 2.74. The first kappa shape index (κ1) is 14.8. The van der Waals surface area contributed by atoms with Crippen LogP contribution < -0.4 is 10.6 Å². The Hall–Kier alpha value is -1.65. The van der Waals surface area contributed by atoms with E-state index >= 15 is 0 Å². The summed E-state index contributed by atoms with van der Waals surface area (Å²) in [6.07, 6.45) is 11.3. The molecule has 0 spiro atoms. The minimum absolute atomic E-state index is 0.107. The second-order valence-corrected chi connectivity index (χ2v) is 5.38. The summed E-state index contributed by atoms with van der Waals surface area (Å²) < 4.78 is 0. The van der Waals surface area contributed by atoms with Crippen LogP contribution in [0.5, 0.6) is 0 Å². The van der Waals surface area contributed by atoms with Crippen molar-refractivity contribution in [3.8, 4) is 0 Å². The van der Waals surface area contributed by atoms with Crippen LogP contribution in [0.25, 0.3) is 0 Å². The fraction of sp³-hybridized carbons (Fsp3) is 0.667. The average molecular weight is 276 g/mol. The van der Waals surface area contributed by atoms with Crippen LogP contribution in [-0.2, 0) is 0 Å². The van der Waals surface area contributed by atoms with Crippen molar-refractivity contribution in [2.24, 2.45) is 0 Å². The number of aromatic nitrogens is 2. The largest absolute Gasteiger partial charge is 0.369 e. The van der Waals surface area contributed by atoms with Crippen LogP contribution in [0, 0.1) is 0 Å². The molecule has 0 bridgehead atoms. The number of rotatable bonds is 5. The van der Waals surface area contributed by atoms with Gasteiger partial charge in [-0.1, -0.05) is 32.6 Å². The molecule has 1 aliphatic rings. The van der Waals surface area contributed by atoms with Crippen LogP contribution in [-0.4, -0.2) is 28.5 Å². The Labute approximate surface area is 120 Å². The molecule has 1 fully saturated rings. The molecule has 1 saturated carbocycles. The molecule has 110 valence electrons. The van der Waals surface area contributed by atoms with Crippen molar-refractivity contribution in [1.82, 2.24) is 15.3 Å². The summed E-state index contributed by atoms with van der Waals surface area (Å²) in [6.45, 7) is 2.92. The van der Waals surface area contributed by atoms with Gasteiger partial charge in [-0.15, -0.1) is 0 Å². The maximum absolute atomic E-state index is 12.2. The van der Waals surface area contributed by atoms with Crippen LogP contribution in [0.4, 0.5) is 5.82 Å². The van der Waals surface area contributed by atoms with Gasteiger partial charge in [-0.25, -0.2) is 4.98 Å². The molecule has 2 N–H and O–H groups in total. The highest BCUT2D eigenvalue weighted by Crippen LogP contribution is 2.17. The summed E-state index contributed by atoms with van der Waals surface area (Å²) in [7, 11) is 0. The monoisotopic (exact) mass is 276 g/mol. The number of carbonyl (C=O) groups is 1. The molecule has 0 radical (unpaired) electrons. The number of hydrogen-bond acceptors (Lipinski definition) is 4. The van der Waals surface area contributed by atoms with Crippen molar-refractivity contribution in [3.63, 3.8) is 0 Å². The summed E-state index contributed by atoms with van der Waals surface area (Å²) in [4.78, 5) is 20.6. The molecule has 0 atom stereocenters. The van der Waals surface area contributed by atoms with E-state index in [2.05, 4.69) is 27.5 Å². The molecular formula is C15H24N4O. The lowest BCUT2D eigenvalue weighted by Crippen LogP contribution is -2.35. The molecule has 5 nitrogen and oxygen atoms in total. The first-order valence-corrected chi connectivity index (χ1v) is 7.66. The van der Waals surface area contributed by atoms with Gasteiger partial charge in [0.15, 0.2) is 0 Å². The van der Waals surface area contributed by atoms with Crippen molar-refractivity contribution >= 4 is 11.7 Å². The summed E-state index contributed by atoms with van der Waals surface area (Å²) >= 11 is 0. The van der Waals surface area contributed by atoms with Crippen LogP contribution in [0.3, 0.4) is 0 Å². The van der Waals surface area contributed by atoms with Gasteiger partial charge >= 0.3 is 0 Å². The van der Waals surface area contributed by atoms with Crippen molar-refractivity contribution in [2.45, 2.75) is 57.9 Å². The van der Waals surface area contributed by atoms with E-state index in [0.29, 0.717) is 17.6 Å². The molecular weight excluding hydrogens is 252 g/mol. The molecule has 2 rings (SSSR count). The van der Waals surface area contributed by atoms with Crippen LogP contribution in [0.15, 0.2) is 12.4 Å². The van der Waals surface area contributed by atoms with Gasteiger partial charge in [0.05, 0.1) is 12.4 Å². The smallest absolute Gasteiger partial charge is 0.271 e.